The second-order valence-corrected chi connectivity index (χ2v) is 9.42. The number of amides is 2. The second-order valence-electron chi connectivity index (χ2n) is 9.42. The number of hydrogen-bond donors (Lipinski definition) is 1. The zero-order valence-electron chi connectivity index (χ0n) is 19.0. The van der Waals surface area contributed by atoms with Crippen LogP contribution in [0, 0.1) is 23.4 Å². The number of hydrogen-bond acceptors (Lipinski definition) is 5. The van der Waals surface area contributed by atoms with Gasteiger partial charge in [-0.1, -0.05) is 0 Å². The SMILES string of the molecule is C[C@H]1C[C@H](C(=O)Cc2cc(F)c(F)c(F)c2)[C@H](C)N1C(=O)C(=O)NC1(C2=CCN=N2)CC(F)(F)C1. The van der Waals surface area contributed by atoms with Gasteiger partial charge in [-0.25, -0.2) is 22.0 Å². The van der Waals surface area contributed by atoms with Crippen molar-refractivity contribution in [1.29, 1.82) is 0 Å². The van der Waals surface area contributed by atoms with E-state index >= 15 is 0 Å². The fourth-order valence-corrected chi connectivity index (χ4v) is 5.23. The number of carbonyl (C=O) groups excluding carboxylic acids is 3. The Kier molecular flexibility index (Phi) is 6.26. The number of alkyl halides is 2. The molecule has 1 saturated heterocycles. The number of ketones is 1. The lowest BCUT2D eigenvalue weighted by molar-refractivity contribution is -0.155. The molecule has 35 heavy (non-hydrogen) atoms. The standard InChI is InChI=1S/C23H23F5N4O3/c1-11-5-14(17(33)8-13-6-15(24)19(26)16(25)7-13)12(2)32(11)21(35)20(34)30-22(9-23(27,28)10-22)18-3-4-29-31-18/h3,6-7,11-12,14H,4-5,8-10H2,1-2H3,(H,30,34)/t11-,12-,14-/m0/s1. The molecule has 2 heterocycles. The van der Waals surface area contributed by atoms with Gasteiger partial charge in [0.1, 0.15) is 5.78 Å². The first-order valence-electron chi connectivity index (χ1n) is 11.1. The molecule has 0 radical (unpaired) electrons. The minimum Gasteiger partial charge on any atom is -0.336 e. The summed E-state index contributed by atoms with van der Waals surface area (Å²) in [7, 11) is 0. The van der Waals surface area contributed by atoms with E-state index in [1.54, 1.807) is 13.8 Å². The van der Waals surface area contributed by atoms with E-state index < -0.39 is 77.4 Å². The molecule has 12 heteroatoms. The summed E-state index contributed by atoms with van der Waals surface area (Å²) < 4.78 is 67.6. The number of nitrogens with one attached hydrogen (secondary N) is 1. The van der Waals surface area contributed by atoms with Gasteiger partial charge in [0.05, 0.1) is 17.8 Å². The number of rotatable bonds is 5. The van der Waals surface area contributed by atoms with Gasteiger partial charge < -0.3 is 10.2 Å². The van der Waals surface area contributed by atoms with Crippen LogP contribution in [-0.4, -0.2) is 52.6 Å². The first kappa shape index (κ1) is 24.9. The van der Waals surface area contributed by atoms with Crippen LogP contribution in [0.4, 0.5) is 22.0 Å². The van der Waals surface area contributed by atoms with Crippen molar-refractivity contribution in [3.05, 3.63) is 46.9 Å². The third kappa shape index (κ3) is 4.57. The minimum atomic E-state index is -3.01. The zero-order valence-corrected chi connectivity index (χ0v) is 19.0. The number of azo groups is 1. The Hall–Kier alpha value is -3.18. The van der Waals surface area contributed by atoms with Crippen molar-refractivity contribution in [1.82, 2.24) is 10.2 Å². The van der Waals surface area contributed by atoms with Crippen LogP contribution in [0.5, 0.6) is 0 Å². The van der Waals surface area contributed by atoms with Crippen molar-refractivity contribution in [3.63, 3.8) is 0 Å². The van der Waals surface area contributed by atoms with Crippen molar-refractivity contribution < 1.29 is 36.3 Å². The molecule has 0 unspecified atom stereocenters. The van der Waals surface area contributed by atoms with Crippen molar-refractivity contribution in [3.8, 4) is 0 Å². The van der Waals surface area contributed by atoms with Crippen LogP contribution in [0.2, 0.25) is 0 Å². The molecule has 2 fully saturated rings. The molecule has 3 atom stereocenters. The lowest BCUT2D eigenvalue weighted by atomic mass is 9.71. The molecule has 3 aliphatic rings. The van der Waals surface area contributed by atoms with Crippen LogP contribution >= 0.6 is 0 Å². The summed E-state index contributed by atoms with van der Waals surface area (Å²) in [5, 5.41) is 9.96. The van der Waals surface area contributed by atoms with Crippen LogP contribution in [0.3, 0.4) is 0 Å². The maximum absolute atomic E-state index is 13.7. The van der Waals surface area contributed by atoms with Gasteiger partial charge in [0.25, 0.3) is 5.92 Å². The average Bonchev–Trinajstić information content (AvgIpc) is 3.38. The quantitative estimate of drug-likeness (QED) is 0.383. The van der Waals surface area contributed by atoms with Crippen LogP contribution in [0.25, 0.3) is 0 Å². The van der Waals surface area contributed by atoms with E-state index in [9.17, 15) is 36.3 Å². The van der Waals surface area contributed by atoms with E-state index in [4.69, 9.17) is 0 Å². The van der Waals surface area contributed by atoms with Gasteiger partial charge in [0, 0.05) is 37.3 Å². The summed E-state index contributed by atoms with van der Waals surface area (Å²) in [6.07, 6.45) is -0.103. The molecule has 2 aliphatic heterocycles. The summed E-state index contributed by atoms with van der Waals surface area (Å²) in [6.45, 7) is 3.38. The summed E-state index contributed by atoms with van der Waals surface area (Å²) in [4.78, 5) is 39.9. The Morgan fingerprint density at radius 3 is 2.29 bits per heavy atom. The van der Waals surface area contributed by atoms with Crippen molar-refractivity contribution in [2.45, 2.75) is 63.1 Å². The number of carbonyl (C=O) groups is 3. The maximum atomic E-state index is 13.7. The third-order valence-electron chi connectivity index (χ3n) is 6.86. The number of likely N-dealkylation sites (tertiary alicyclic amines) is 1. The van der Waals surface area contributed by atoms with Gasteiger partial charge in [-0.2, -0.15) is 10.2 Å². The number of nitrogens with zero attached hydrogens (tertiary/aromatic N) is 3. The van der Waals surface area contributed by atoms with E-state index in [1.807, 2.05) is 0 Å². The first-order chi connectivity index (χ1) is 16.3. The van der Waals surface area contributed by atoms with E-state index in [-0.39, 0.29) is 30.6 Å². The molecule has 4 rings (SSSR count). The van der Waals surface area contributed by atoms with Gasteiger partial charge in [-0.3, -0.25) is 14.4 Å². The smallest absolute Gasteiger partial charge is 0.312 e. The van der Waals surface area contributed by atoms with Crippen LogP contribution in [-0.2, 0) is 20.8 Å². The maximum Gasteiger partial charge on any atom is 0.312 e. The highest BCUT2D eigenvalue weighted by molar-refractivity contribution is 6.35. The lowest BCUT2D eigenvalue weighted by Gasteiger charge is -2.47. The predicted molar refractivity (Wildman–Crippen MR) is 112 cm³/mol. The van der Waals surface area contributed by atoms with E-state index in [1.165, 1.54) is 11.0 Å². The Bertz CT molecular complexity index is 1120. The van der Waals surface area contributed by atoms with Gasteiger partial charge in [0.2, 0.25) is 0 Å². The molecule has 1 saturated carbocycles. The minimum absolute atomic E-state index is 0.0550. The number of Topliss-reactive ketones (excluding diaryl/α,β-unsaturated/α-hetero) is 1. The molecule has 7 nitrogen and oxygen atoms in total. The first-order valence-corrected chi connectivity index (χ1v) is 11.1. The normalized spacial score (nSPS) is 26.3. The predicted octanol–water partition coefficient (Wildman–Crippen LogP) is 3.47. The Balaban J connectivity index is 1.45. The molecule has 2 amide bonds. The topological polar surface area (TPSA) is 91.2 Å². The summed E-state index contributed by atoms with van der Waals surface area (Å²) in [5.41, 5.74) is -1.37. The van der Waals surface area contributed by atoms with Gasteiger partial charge in [-0.15, -0.1) is 0 Å². The molecule has 1 aliphatic carbocycles. The molecular formula is C23H23F5N4O3. The number of halogens is 5. The highest BCUT2D eigenvalue weighted by Crippen LogP contribution is 2.50. The van der Waals surface area contributed by atoms with Crippen molar-refractivity contribution in [2.75, 3.05) is 6.54 Å². The van der Waals surface area contributed by atoms with Crippen LogP contribution in [0.1, 0.15) is 38.7 Å². The average molecular weight is 498 g/mol. The van der Waals surface area contributed by atoms with Crippen molar-refractivity contribution >= 4 is 17.6 Å². The molecular weight excluding hydrogens is 475 g/mol. The highest BCUT2D eigenvalue weighted by atomic mass is 19.3. The summed E-state index contributed by atoms with van der Waals surface area (Å²) in [6, 6.07) is 0.190. The van der Waals surface area contributed by atoms with E-state index in [2.05, 4.69) is 15.5 Å². The monoisotopic (exact) mass is 498 g/mol. The van der Waals surface area contributed by atoms with Crippen molar-refractivity contribution in [2.24, 2.45) is 16.1 Å². The lowest BCUT2D eigenvalue weighted by Crippen LogP contribution is -2.65. The Labute approximate surface area is 197 Å². The molecule has 188 valence electrons. The molecule has 1 N–H and O–H groups in total. The molecule has 1 aromatic rings. The second kappa shape index (κ2) is 8.80. The Morgan fingerprint density at radius 2 is 1.74 bits per heavy atom. The fourth-order valence-electron chi connectivity index (χ4n) is 5.23. The zero-order chi connectivity index (χ0) is 25.7. The third-order valence-corrected chi connectivity index (χ3v) is 6.86. The fraction of sp³-hybridized carbons (Fsp3) is 0.522. The van der Waals surface area contributed by atoms with E-state index in [0.29, 0.717) is 0 Å². The summed E-state index contributed by atoms with van der Waals surface area (Å²) >= 11 is 0. The summed E-state index contributed by atoms with van der Waals surface area (Å²) in [5.74, 6) is -10.7. The largest absolute Gasteiger partial charge is 0.336 e. The van der Waals surface area contributed by atoms with Crippen LogP contribution < -0.4 is 5.32 Å². The highest BCUT2D eigenvalue weighted by Gasteiger charge is 2.60. The molecule has 0 spiro atoms. The van der Waals surface area contributed by atoms with Gasteiger partial charge in [-0.05, 0) is 44.0 Å². The van der Waals surface area contributed by atoms with Gasteiger partial charge >= 0.3 is 11.8 Å². The molecule has 0 aromatic heterocycles. The Morgan fingerprint density at radius 1 is 1.11 bits per heavy atom. The van der Waals surface area contributed by atoms with Crippen LogP contribution in [0.15, 0.2) is 34.1 Å². The molecule has 1 aromatic carbocycles. The van der Waals surface area contributed by atoms with Gasteiger partial charge in [0.15, 0.2) is 17.5 Å². The number of benzene rings is 1. The van der Waals surface area contributed by atoms with E-state index in [0.717, 1.165) is 12.1 Å². The molecule has 0 bridgehead atoms.